The van der Waals surface area contributed by atoms with Gasteiger partial charge in [-0.2, -0.15) is 0 Å². The molecule has 0 aliphatic heterocycles. The Morgan fingerprint density at radius 3 is 2.57 bits per heavy atom. The zero-order chi connectivity index (χ0) is 15.0. The Balaban J connectivity index is 1.86. The Kier molecular flexibility index (Phi) is 3.51. The van der Waals surface area contributed by atoms with Crippen LogP contribution >= 0.6 is 0 Å². The number of sulfonamides is 1. The Morgan fingerprint density at radius 1 is 1.14 bits per heavy atom. The maximum atomic E-state index is 12.5. The number of allylic oxidation sites excluding steroid dienone is 4. The maximum Gasteiger partial charge on any atom is 0.241 e. The largest absolute Gasteiger partial charge is 0.241 e. The molecule has 0 aromatic heterocycles. The van der Waals surface area contributed by atoms with Crippen LogP contribution in [0.25, 0.3) is 0 Å². The van der Waals surface area contributed by atoms with E-state index in [1.165, 1.54) is 0 Å². The van der Waals surface area contributed by atoms with Crippen LogP contribution in [0.3, 0.4) is 0 Å². The molecule has 0 saturated heterocycles. The third kappa shape index (κ3) is 2.69. The van der Waals surface area contributed by atoms with Crippen molar-refractivity contribution in [2.75, 3.05) is 0 Å². The molecule has 2 aliphatic carbocycles. The van der Waals surface area contributed by atoms with Gasteiger partial charge in [-0.3, -0.25) is 0 Å². The van der Waals surface area contributed by atoms with Crippen LogP contribution in [0.1, 0.15) is 12.5 Å². The van der Waals surface area contributed by atoms with Gasteiger partial charge < -0.3 is 0 Å². The Hall–Kier alpha value is -1.78. The average Bonchev–Trinajstić information content (AvgIpc) is 2.75. The molecule has 2 atom stereocenters. The van der Waals surface area contributed by atoms with Crippen molar-refractivity contribution in [3.63, 3.8) is 0 Å². The van der Waals surface area contributed by atoms with Gasteiger partial charge in [-0.25, -0.2) is 13.1 Å². The zero-order valence-electron chi connectivity index (χ0n) is 12.1. The van der Waals surface area contributed by atoms with E-state index in [0.29, 0.717) is 4.90 Å². The SMILES string of the molecule is CC1=CC2=CC=C[CH+]C2C1NS(=O)(=O)c1ccc(C)cc1. The number of fused-ring (bicyclic) bond motifs is 1. The van der Waals surface area contributed by atoms with Gasteiger partial charge in [-0.05, 0) is 26.0 Å². The molecule has 108 valence electrons. The fourth-order valence-corrected chi connectivity index (χ4v) is 4.07. The van der Waals surface area contributed by atoms with E-state index in [4.69, 9.17) is 0 Å². The molecule has 0 radical (unpaired) electrons. The summed E-state index contributed by atoms with van der Waals surface area (Å²) >= 11 is 0. The molecule has 3 nitrogen and oxygen atoms in total. The number of hydrogen-bond acceptors (Lipinski definition) is 2. The molecule has 0 amide bonds. The van der Waals surface area contributed by atoms with E-state index in [0.717, 1.165) is 16.7 Å². The first kappa shape index (κ1) is 14.2. The van der Waals surface area contributed by atoms with Gasteiger partial charge in [-0.1, -0.05) is 29.3 Å². The number of aryl methyl sites for hydroxylation is 1. The Bertz CT molecular complexity index is 739. The van der Waals surface area contributed by atoms with E-state index >= 15 is 0 Å². The normalized spacial score (nSPS) is 24.1. The summed E-state index contributed by atoms with van der Waals surface area (Å²) in [6, 6.07) is 6.71. The molecule has 0 fully saturated rings. The first-order valence-corrected chi connectivity index (χ1v) is 8.44. The predicted molar refractivity (Wildman–Crippen MR) is 84.1 cm³/mol. The second kappa shape index (κ2) is 5.20. The van der Waals surface area contributed by atoms with Crippen molar-refractivity contribution in [2.24, 2.45) is 5.92 Å². The van der Waals surface area contributed by atoms with E-state index in [9.17, 15) is 8.42 Å². The van der Waals surface area contributed by atoms with Crippen LogP contribution in [-0.2, 0) is 10.0 Å². The van der Waals surface area contributed by atoms with Crippen LogP contribution in [0.15, 0.2) is 64.6 Å². The van der Waals surface area contributed by atoms with Crippen LogP contribution in [0.5, 0.6) is 0 Å². The van der Waals surface area contributed by atoms with Crippen LogP contribution in [0, 0.1) is 19.3 Å². The summed E-state index contributed by atoms with van der Waals surface area (Å²) in [5.41, 5.74) is 3.25. The monoisotopic (exact) mass is 300 g/mol. The van der Waals surface area contributed by atoms with Gasteiger partial charge in [-0.15, -0.1) is 0 Å². The quantitative estimate of drug-likeness (QED) is 0.872. The number of hydrogen-bond donors (Lipinski definition) is 1. The lowest BCUT2D eigenvalue weighted by atomic mass is 9.90. The van der Waals surface area contributed by atoms with Gasteiger partial charge in [0.15, 0.2) is 0 Å². The van der Waals surface area contributed by atoms with Gasteiger partial charge in [0.1, 0.15) is 0 Å². The van der Waals surface area contributed by atoms with Crippen molar-refractivity contribution in [3.05, 3.63) is 71.7 Å². The van der Waals surface area contributed by atoms with Gasteiger partial charge in [0, 0.05) is 11.6 Å². The summed E-state index contributed by atoms with van der Waals surface area (Å²) < 4.78 is 27.9. The fraction of sp³-hybridized carbons (Fsp3) is 0.235. The smallest absolute Gasteiger partial charge is 0.207 e. The molecule has 4 heteroatoms. The summed E-state index contributed by atoms with van der Waals surface area (Å²) in [6.07, 6.45) is 10.1. The van der Waals surface area contributed by atoms with Crippen LogP contribution < -0.4 is 4.72 Å². The minimum atomic E-state index is -3.51. The molecule has 0 heterocycles. The van der Waals surface area contributed by atoms with Crippen molar-refractivity contribution in [2.45, 2.75) is 24.8 Å². The van der Waals surface area contributed by atoms with Crippen molar-refractivity contribution in [1.29, 1.82) is 0 Å². The zero-order valence-corrected chi connectivity index (χ0v) is 12.9. The highest BCUT2D eigenvalue weighted by Gasteiger charge is 2.38. The van der Waals surface area contributed by atoms with Crippen LogP contribution in [0.4, 0.5) is 0 Å². The summed E-state index contributed by atoms with van der Waals surface area (Å²) in [4.78, 5) is 0.310. The van der Waals surface area contributed by atoms with E-state index < -0.39 is 10.0 Å². The molecule has 2 unspecified atom stereocenters. The molecular formula is C17H18NO2S+. The third-order valence-corrected chi connectivity index (χ3v) is 5.42. The molecule has 0 bridgehead atoms. The molecule has 1 aromatic carbocycles. The predicted octanol–water partition coefficient (Wildman–Crippen LogP) is 2.92. The molecule has 3 rings (SSSR count). The maximum absolute atomic E-state index is 12.5. The molecular weight excluding hydrogens is 282 g/mol. The molecule has 2 aliphatic rings. The van der Waals surface area contributed by atoms with E-state index in [1.54, 1.807) is 12.1 Å². The van der Waals surface area contributed by atoms with Gasteiger partial charge in [0.2, 0.25) is 10.0 Å². The van der Waals surface area contributed by atoms with E-state index in [1.807, 2.05) is 50.6 Å². The van der Waals surface area contributed by atoms with Crippen LogP contribution in [-0.4, -0.2) is 14.5 Å². The van der Waals surface area contributed by atoms with Gasteiger partial charge >= 0.3 is 0 Å². The third-order valence-electron chi connectivity index (χ3n) is 3.96. The molecule has 1 N–H and O–H groups in total. The average molecular weight is 300 g/mol. The second-order valence-corrected chi connectivity index (χ2v) is 7.28. The molecule has 21 heavy (non-hydrogen) atoms. The fourth-order valence-electron chi connectivity index (χ4n) is 2.78. The minimum Gasteiger partial charge on any atom is -0.207 e. The lowest BCUT2D eigenvalue weighted by Crippen LogP contribution is -2.39. The van der Waals surface area contributed by atoms with E-state index in [-0.39, 0.29) is 12.0 Å². The summed E-state index contributed by atoms with van der Waals surface area (Å²) in [5, 5.41) is 0. The first-order valence-electron chi connectivity index (χ1n) is 6.96. The second-order valence-electron chi connectivity index (χ2n) is 5.57. The van der Waals surface area contributed by atoms with Crippen molar-refractivity contribution < 1.29 is 8.42 Å². The Morgan fingerprint density at radius 2 is 1.86 bits per heavy atom. The highest BCUT2D eigenvalue weighted by Crippen LogP contribution is 2.35. The van der Waals surface area contributed by atoms with Crippen molar-refractivity contribution in [3.8, 4) is 0 Å². The van der Waals surface area contributed by atoms with Crippen molar-refractivity contribution >= 4 is 10.0 Å². The minimum absolute atomic E-state index is 0.0928. The highest BCUT2D eigenvalue weighted by molar-refractivity contribution is 7.89. The topological polar surface area (TPSA) is 46.2 Å². The number of rotatable bonds is 3. The first-order chi connectivity index (χ1) is 9.97. The summed E-state index contributed by atoms with van der Waals surface area (Å²) in [7, 11) is -3.51. The highest BCUT2D eigenvalue weighted by atomic mass is 32.2. The lowest BCUT2D eigenvalue weighted by molar-refractivity contribution is 0.540. The Labute approximate surface area is 126 Å². The molecule has 0 saturated carbocycles. The van der Waals surface area contributed by atoms with Gasteiger partial charge in [0.25, 0.3) is 0 Å². The lowest BCUT2D eigenvalue weighted by Gasteiger charge is -2.20. The number of benzene rings is 1. The van der Waals surface area contributed by atoms with Gasteiger partial charge in [0.05, 0.1) is 35.4 Å². The number of nitrogens with one attached hydrogen (secondary N) is 1. The van der Waals surface area contributed by atoms with Crippen molar-refractivity contribution in [1.82, 2.24) is 4.72 Å². The molecule has 1 aromatic rings. The van der Waals surface area contributed by atoms with Crippen LogP contribution in [0.2, 0.25) is 0 Å². The summed E-state index contributed by atoms with van der Waals surface area (Å²) in [5.74, 6) is 0.0928. The summed E-state index contributed by atoms with van der Waals surface area (Å²) in [6.45, 7) is 3.91. The molecule has 0 spiro atoms. The standard InChI is InChI=1S/C17H18NO2S/c1-12-7-9-15(10-8-12)21(19,20)18-17-13(2)11-14-5-3-4-6-16(14)17/h3-11,16-18H,1-2H3/q+1. The van der Waals surface area contributed by atoms with E-state index in [2.05, 4.69) is 10.8 Å².